The maximum atomic E-state index is 12.0. The summed E-state index contributed by atoms with van der Waals surface area (Å²) < 4.78 is 1.94. The van der Waals surface area contributed by atoms with Crippen LogP contribution in [0.5, 0.6) is 0 Å². The van der Waals surface area contributed by atoms with Crippen LogP contribution in [0.3, 0.4) is 0 Å². The molecule has 27 heavy (non-hydrogen) atoms. The fourth-order valence-electron chi connectivity index (χ4n) is 2.77. The van der Waals surface area contributed by atoms with Crippen LogP contribution in [0.4, 0.5) is 0 Å². The highest BCUT2D eigenvalue weighted by Crippen LogP contribution is 2.10. The summed E-state index contributed by atoms with van der Waals surface area (Å²) in [6.07, 6.45) is 8.78. The van der Waals surface area contributed by atoms with E-state index in [9.17, 15) is 4.79 Å². The van der Waals surface area contributed by atoms with Crippen molar-refractivity contribution in [2.24, 2.45) is 0 Å². The van der Waals surface area contributed by atoms with Gasteiger partial charge in [0.15, 0.2) is 0 Å². The number of nitrogens with zero attached hydrogens (tertiary/aromatic N) is 2. The topological polar surface area (TPSA) is 51.4 Å². The number of rotatable bonds is 7. The summed E-state index contributed by atoms with van der Waals surface area (Å²) in [7, 11) is 4.26. The average molecular weight is 361 g/mol. The Labute approximate surface area is 160 Å². The Morgan fingerprint density at radius 2 is 1.78 bits per heavy atom. The molecular weight excluding hydrogens is 336 g/mol. The van der Waals surface area contributed by atoms with E-state index in [0.717, 1.165) is 23.4 Å². The summed E-state index contributed by atoms with van der Waals surface area (Å²) in [4.78, 5) is 17.5. The average Bonchev–Trinajstić information content (AvgIpc) is 3.20. The molecule has 5 heteroatoms. The van der Waals surface area contributed by atoms with Gasteiger partial charge in [0.2, 0.25) is 5.91 Å². The smallest absolute Gasteiger partial charge is 0.244 e. The molecule has 0 fully saturated rings. The Hall–Kier alpha value is -3.18. The lowest BCUT2D eigenvalue weighted by molar-refractivity contribution is -0.872. The number of aromatic nitrogens is 2. The molecule has 0 bridgehead atoms. The van der Waals surface area contributed by atoms with E-state index in [0.29, 0.717) is 6.54 Å². The minimum absolute atomic E-state index is 0.101. The number of quaternary nitrogens is 1. The Bertz CT molecular complexity index is 879. The summed E-state index contributed by atoms with van der Waals surface area (Å²) in [5.41, 5.74) is 4.40. The Morgan fingerprint density at radius 3 is 2.41 bits per heavy atom. The SMILES string of the molecule is C[NH+](C)Cc1ccc(CNC(=O)/C=C/c2ccc(-n3ccnc3)cc2)cc1. The minimum Gasteiger partial charge on any atom is -0.348 e. The van der Waals surface area contributed by atoms with Crippen molar-refractivity contribution >= 4 is 12.0 Å². The van der Waals surface area contributed by atoms with Gasteiger partial charge in [0, 0.05) is 36.3 Å². The monoisotopic (exact) mass is 361 g/mol. The van der Waals surface area contributed by atoms with Gasteiger partial charge in [-0.25, -0.2) is 4.98 Å². The normalized spacial score (nSPS) is 11.2. The van der Waals surface area contributed by atoms with Gasteiger partial charge in [0.05, 0.1) is 20.4 Å². The highest BCUT2D eigenvalue weighted by Gasteiger charge is 2.01. The van der Waals surface area contributed by atoms with Crippen molar-refractivity contribution in [1.82, 2.24) is 14.9 Å². The fraction of sp³-hybridized carbons (Fsp3) is 0.182. The summed E-state index contributed by atoms with van der Waals surface area (Å²) in [5, 5.41) is 2.92. The summed E-state index contributed by atoms with van der Waals surface area (Å²) in [6, 6.07) is 16.3. The van der Waals surface area contributed by atoms with E-state index in [2.05, 4.69) is 48.7 Å². The van der Waals surface area contributed by atoms with E-state index in [1.807, 2.05) is 41.1 Å². The number of carbonyl (C=O) groups excluding carboxylic acids is 1. The van der Waals surface area contributed by atoms with E-state index >= 15 is 0 Å². The van der Waals surface area contributed by atoms with Crippen LogP contribution >= 0.6 is 0 Å². The van der Waals surface area contributed by atoms with Gasteiger partial charge in [-0.1, -0.05) is 36.4 Å². The third-order valence-corrected chi connectivity index (χ3v) is 4.17. The molecule has 1 heterocycles. The van der Waals surface area contributed by atoms with Crippen molar-refractivity contribution in [3.05, 3.63) is 90.0 Å². The van der Waals surface area contributed by atoms with Gasteiger partial charge in [-0.3, -0.25) is 4.79 Å². The number of amides is 1. The second kappa shape index (κ2) is 8.96. The molecule has 2 N–H and O–H groups in total. The Kier molecular flexibility index (Phi) is 6.18. The van der Waals surface area contributed by atoms with Gasteiger partial charge >= 0.3 is 0 Å². The van der Waals surface area contributed by atoms with Gasteiger partial charge in [-0.05, 0) is 29.3 Å². The van der Waals surface area contributed by atoms with Crippen LogP contribution in [-0.4, -0.2) is 29.6 Å². The fourth-order valence-corrected chi connectivity index (χ4v) is 2.77. The van der Waals surface area contributed by atoms with Gasteiger partial charge in [0.1, 0.15) is 6.54 Å². The molecule has 3 aromatic rings. The van der Waals surface area contributed by atoms with Gasteiger partial charge in [0.25, 0.3) is 0 Å². The maximum Gasteiger partial charge on any atom is 0.244 e. The predicted octanol–water partition coefficient (Wildman–Crippen LogP) is 1.85. The molecule has 2 aromatic carbocycles. The maximum absolute atomic E-state index is 12.0. The van der Waals surface area contributed by atoms with Gasteiger partial charge in [-0.2, -0.15) is 0 Å². The third-order valence-electron chi connectivity index (χ3n) is 4.17. The van der Waals surface area contributed by atoms with Crippen LogP contribution in [0.1, 0.15) is 16.7 Å². The lowest BCUT2D eigenvalue weighted by atomic mass is 10.1. The van der Waals surface area contributed by atoms with Crippen LogP contribution < -0.4 is 10.2 Å². The first kappa shape index (κ1) is 18.6. The molecule has 0 aliphatic rings. The summed E-state index contributed by atoms with van der Waals surface area (Å²) in [5.74, 6) is -0.101. The molecule has 0 unspecified atom stereocenters. The molecule has 1 aromatic heterocycles. The van der Waals surface area contributed by atoms with E-state index in [1.165, 1.54) is 10.5 Å². The van der Waals surface area contributed by atoms with Crippen molar-refractivity contribution in [3.8, 4) is 5.69 Å². The molecule has 5 nitrogen and oxygen atoms in total. The Morgan fingerprint density at radius 1 is 1.07 bits per heavy atom. The van der Waals surface area contributed by atoms with Crippen molar-refractivity contribution in [2.75, 3.05) is 14.1 Å². The molecule has 0 saturated heterocycles. The molecular formula is C22H25N4O+. The molecule has 0 spiro atoms. The molecule has 0 aliphatic carbocycles. The van der Waals surface area contributed by atoms with Crippen molar-refractivity contribution < 1.29 is 9.69 Å². The lowest BCUT2D eigenvalue weighted by Gasteiger charge is -2.08. The number of hydrogen-bond acceptors (Lipinski definition) is 2. The van der Waals surface area contributed by atoms with Crippen LogP contribution in [0.15, 0.2) is 73.3 Å². The zero-order valence-electron chi connectivity index (χ0n) is 15.7. The standard InChI is InChI=1S/C22H24N4O/c1-25(2)16-20-5-3-19(4-6-20)15-24-22(27)12-9-18-7-10-21(11-8-18)26-14-13-23-17-26/h3-14,17H,15-16H2,1-2H3,(H,24,27)/p+1/b12-9+. The number of benzene rings is 2. The van der Waals surface area contributed by atoms with E-state index < -0.39 is 0 Å². The van der Waals surface area contributed by atoms with E-state index in [4.69, 9.17) is 0 Å². The second-order valence-corrected chi connectivity index (χ2v) is 6.81. The van der Waals surface area contributed by atoms with E-state index in [-0.39, 0.29) is 5.91 Å². The summed E-state index contributed by atoms with van der Waals surface area (Å²) in [6.45, 7) is 1.52. The zero-order valence-corrected chi connectivity index (χ0v) is 15.7. The van der Waals surface area contributed by atoms with Crippen LogP contribution in [0, 0.1) is 0 Å². The van der Waals surface area contributed by atoms with E-state index in [1.54, 1.807) is 18.6 Å². The highest BCUT2D eigenvalue weighted by atomic mass is 16.1. The first-order chi connectivity index (χ1) is 13.1. The van der Waals surface area contributed by atoms with Crippen molar-refractivity contribution in [1.29, 1.82) is 0 Å². The molecule has 0 radical (unpaired) electrons. The molecule has 0 saturated carbocycles. The first-order valence-electron chi connectivity index (χ1n) is 9.01. The second-order valence-electron chi connectivity index (χ2n) is 6.81. The first-order valence-corrected chi connectivity index (χ1v) is 9.01. The number of nitrogens with one attached hydrogen (secondary N) is 2. The predicted molar refractivity (Wildman–Crippen MR) is 107 cm³/mol. The largest absolute Gasteiger partial charge is 0.348 e. The molecule has 138 valence electrons. The molecule has 1 amide bonds. The molecule has 3 rings (SSSR count). The highest BCUT2D eigenvalue weighted by molar-refractivity contribution is 5.91. The molecule has 0 aliphatic heterocycles. The summed E-state index contributed by atoms with van der Waals surface area (Å²) >= 11 is 0. The molecule has 0 atom stereocenters. The van der Waals surface area contributed by atoms with Crippen LogP contribution in [-0.2, 0) is 17.9 Å². The number of imidazole rings is 1. The zero-order chi connectivity index (χ0) is 19.1. The minimum atomic E-state index is -0.101. The number of hydrogen-bond donors (Lipinski definition) is 2. The van der Waals surface area contributed by atoms with Gasteiger partial charge in [-0.15, -0.1) is 0 Å². The third kappa shape index (κ3) is 5.66. The van der Waals surface area contributed by atoms with Crippen LogP contribution in [0.2, 0.25) is 0 Å². The van der Waals surface area contributed by atoms with Crippen molar-refractivity contribution in [3.63, 3.8) is 0 Å². The lowest BCUT2D eigenvalue weighted by Crippen LogP contribution is -3.04. The van der Waals surface area contributed by atoms with Crippen LogP contribution in [0.25, 0.3) is 11.8 Å². The number of carbonyl (C=O) groups is 1. The van der Waals surface area contributed by atoms with Crippen molar-refractivity contribution in [2.45, 2.75) is 13.1 Å². The Balaban J connectivity index is 1.50. The quantitative estimate of drug-likeness (QED) is 0.631. The van der Waals surface area contributed by atoms with Gasteiger partial charge < -0.3 is 14.8 Å².